The monoisotopic (exact) mass is 322 g/mol. The van der Waals surface area contributed by atoms with E-state index in [4.69, 9.17) is 0 Å². The highest BCUT2D eigenvalue weighted by molar-refractivity contribution is 5.94. The van der Waals surface area contributed by atoms with Crippen LogP contribution < -0.4 is 5.32 Å². The summed E-state index contributed by atoms with van der Waals surface area (Å²) in [5.74, 6) is 0.0601. The summed E-state index contributed by atoms with van der Waals surface area (Å²) in [5, 5.41) is 14.3. The smallest absolute Gasteiger partial charge is 0.253 e. The Morgan fingerprint density at radius 1 is 1.41 bits per heavy atom. The summed E-state index contributed by atoms with van der Waals surface area (Å²) in [4.78, 5) is 14.5. The predicted molar refractivity (Wildman–Crippen MR) is 84.4 cm³/mol. The van der Waals surface area contributed by atoms with Crippen molar-refractivity contribution >= 4 is 18.3 Å². The van der Waals surface area contributed by atoms with Crippen molar-refractivity contribution in [2.24, 2.45) is 0 Å². The topological polar surface area (TPSA) is 75.9 Å². The molecule has 118 valence electrons. The van der Waals surface area contributed by atoms with Crippen molar-refractivity contribution < 1.29 is 4.79 Å². The number of nitrogens with one attached hydrogen (secondary N) is 1. The van der Waals surface area contributed by atoms with Crippen LogP contribution in [0.25, 0.3) is 5.69 Å². The largest absolute Gasteiger partial charge is 0.337 e. The van der Waals surface area contributed by atoms with Gasteiger partial charge in [0, 0.05) is 24.7 Å². The normalized spacial score (nSPS) is 17.9. The van der Waals surface area contributed by atoms with Gasteiger partial charge in [-0.3, -0.25) is 4.79 Å². The summed E-state index contributed by atoms with van der Waals surface area (Å²) >= 11 is 0. The Morgan fingerprint density at radius 2 is 2.27 bits per heavy atom. The van der Waals surface area contributed by atoms with E-state index in [-0.39, 0.29) is 18.3 Å². The Labute approximate surface area is 135 Å². The molecule has 0 radical (unpaired) electrons. The van der Waals surface area contributed by atoms with Crippen LogP contribution >= 0.6 is 12.4 Å². The Bertz CT molecular complexity index is 618. The number of benzene rings is 1. The Balaban J connectivity index is 0.00000176. The molecular formula is C14H19ClN6O. The van der Waals surface area contributed by atoms with Crippen LogP contribution in [-0.4, -0.2) is 57.2 Å². The van der Waals surface area contributed by atoms with E-state index in [0.29, 0.717) is 11.6 Å². The maximum Gasteiger partial charge on any atom is 0.253 e. The summed E-state index contributed by atoms with van der Waals surface area (Å²) in [6, 6.07) is 7.76. The molecule has 1 aliphatic rings. The van der Waals surface area contributed by atoms with Gasteiger partial charge in [-0.2, -0.15) is 0 Å². The van der Waals surface area contributed by atoms with Gasteiger partial charge in [0.15, 0.2) is 0 Å². The molecule has 1 amide bonds. The molecule has 22 heavy (non-hydrogen) atoms. The molecule has 1 aliphatic heterocycles. The molecule has 1 aromatic carbocycles. The van der Waals surface area contributed by atoms with Crippen LogP contribution in [0.2, 0.25) is 0 Å². The number of nitrogens with zero attached hydrogens (tertiary/aromatic N) is 5. The quantitative estimate of drug-likeness (QED) is 0.909. The predicted octanol–water partition coefficient (Wildman–Crippen LogP) is 0.908. The van der Waals surface area contributed by atoms with E-state index in [2.05, 4.69) is 20.8 Å². The Morgan fingerprint density at radius 3 is 3.00 bits per heavy atom. The molecule has 2 aromatic rings. The molecule has 1 fully saturated rings. The molecule has 2 heterocycles. The van der Waals surface area contributed by atoms with E-state index in [1.54, 1.807) is 4.68 Å². The average Bonchev–Trinajstić information content (AvgIpc) is 3.09. The van der Waals surface area contributed by atoms with Crippen LogP contribution in [0, 0.1) is 0 Å². The third-order valence-electron chi connectivity index (χ3n) is 3.82. The maximum atomic E-state index is 12.6. The number of halogens is 1. The van der Waals surface area contributed by atoms with Crippen LogP contribution in [0.3, 0.4) is 0 Å². The van der Waals surface area contributed by atoms with Crippen molar-refractivity contribution in [3.8, 4) is 5.69 Å². The number of amides is 1. The minimum Gasteiger partial charge on any atom is -0.337 e. The number of hydrogen-bond donors (Lipinski definition) is 1. The van der Waals surface area contributed by atoms with Gasteiger partial charge >= 0.3 is 0 Å². The lowest BCUT2D eigenvalue weighted by Gasteiger charge is -2.32. The van der Waals surface area contributed by atoms with E-state index in [1.807, 2.05) is 36.2 Å². The molecule has 1 unspecified atom stereocenters. The van der Waals surface area contributed by atoms with Crippen molar-refractivity contribution in [2.45, 2.75) is 18.9 Å². The molecule has 7 nitrogen and oxygen atoms in total. The number of carbonyl (C=O) groups excluding carboxylic acids is 1. The van der Waals surface area contributed by atoms with Crippen molar-refractivity contribution in [1.29, 1.82) is 0 Å². The number of rotatable bonds is 3. The summed E-state index contributed by atoms with van der Waals surface area (Å²) < 4.78 is 1.55. The van der Waals surface area contributed by atoms with Gasteiger partial charge in [0.1, 0.15) is 6.33 Å². The van der Waals surface area contributed by atoms with Crippen molar-refractivity contribution in [2.75, 3.05) is 20.1 Å². The van der Waals surface area contributed by atoms with Gasteiger partial charge in [0.05, 0.1) is 5.69 Å². The Kier molecular flexibility index (Phi) is 5.46. The number of likely N-dealkylation sites (tertiary alicyclic amines) is 1. The minimum absolute atomic E-state index is 0. The van der Waals surface area contributed by atoms with Gasteiger partial charge in [0.25, 0.3) is 5.91 Å². The zero-order chi connectivity index (χ0) is 14.7. The van der Waals surface area contributed by atoms with Crippen LogP contribution in [0.5, 0.6) is 0 Å². The summed E-state index contributed by atoms with van der Waals surface area (Å²) in [7, 11) is 1.94. The lowest BCUT2D eigenvalue weighted by atomic mass is 10.0. The fourth-order valence-electron chi connectivity index (χ4n) is 2.64. The third kappa shape index (κ3) is 3.42. The second-order valence-corrected chi connectivity index (χ2v) is 5.18. The third-order valence-corrected chi connectivity index (χ3v) is 3.82. The highest BCUT2D eigenvalue weighted by Gasteiger charge is 2.23. The van der Waals surface area contributed by atoms with Crippen LogP contribution in [-0.2, 0) is 0 Å². The van der Waals surface area contributed by atoms with Gasteiger partial charge in [-0.25, -0.2) is 4.68 Å². The SMILES string of the molecule is CNC1CCCN(C(=O)c2cccc(-n3cnnn3)c2)C1.Cl. The zero-order valence-corrected chi connectivity index (χ0v) is 13.2. The first-order valence-corrected chi connectivity index (χ1v) is 7.08. The summed E-state index contributed by atoms with van der Waals surface area (Å²) in [5.41, 5.74) is 1.45. The van der Waals surface area contributed by atoms with E-state index in [0.717, 1.165) is 31.6 Å². The van der Waals surface area contributed by atoms with Gasteiger partial charge in [-0.05, 0) is 48.5 Å². The lowest BCUT2D eigenvalue weighted by molar-refractivity contribution is 0.0698. The first-order valence-electron chi connectivity index (χ1n) is 7.08. The standard InChI is InChI=1S/C14H18N6O.ClH/c1-15-12-5-3-7-19(9-12)14(21)11-4-2-6-13(8-11)20-10-16-17-18-20;/h2,4,6,8,10,12,15H,3,5,7,9H2,1H3;1H. The average molecular weight is 323 g/mol. The van der Waals surface area contributed by atoms with Gasteiger partial charge in [-0.1, -0.05) is 6.07 Å². The van der Waals surface area contributed by atoms with Crippen molar-refractivity contribution in [3.05, 3.63) is 36.2 Å². The van der Waals surface area contributed by atoms with E-state index >= 15 is 0 Å². The zero-order valence-electron chi connectivity index (χ0n) is 12.3. The number of likely N-dealkylation sites (N-methyl/N-ethyl adjacent to an activating group) is 1. The van der Waals surface area contributed by atoms with Crippen LogP contribution in [0.15, 0.2) is 30.6 Å². The molecular weight excluding hydrogens is 304 g/mol. The highest BCUT2D eigenvalue weighted by Crippen LogP contribution is 2.15. The van der Waals surface area contributed by atoms with Crippen molar-refractivity contribution in [1.82, 2.24) is 30.4 Å². The number of hydrogen-bond acceptors (Lipinski definition) is 5. The first kappa shape index (κ1) is 16.4. The molecule has 1 saturated heterocycles. The number of piperidine rings is 1. The molecule has 3 rings (SSSR count). The highest BCUT2D eigenvalue weighted by atomic mass is 35.5. The van der Waals surface area contributed by atoms with Crippen molar-refractivity contribution in [3.63, 3.8) is 0 Å². The van der Waals surface area contributed by atoms with E-state index in [9.17, 15) is 4.79 Å². The number of tetrazole rings is 1. The van der Waals surface area contributed by atoms with E-state index < -0.39 is 0 Å². The van der Waals surface area contributed by atoms with Crippen LogP contribution in [0.4, 0.5) is 0 Å². The molecule has 0 spiro atoms. The number of aromatic nitrogens is 4. The lowest BCUT2D eigenvalue weighted by Crippen LogP contribution is -2.46. The molecule has 0 bridgehead atoms. The molecule has 1 atom stereocenters. The van der Waals surface area contributed by atoms with Gasteiger partial charge in [0.2, 0.25) is 0 Å². The summed E-state index contributed by atoms with van der Waals surface area (Å²) in [6.07, 6.45) is 3.66. The second-order valence-electron chi connectivity index (χ2n) is 5.18. The second kappa shape index (κ2) is 7.33. The maximum absolute atomic E-state index is 12.6. The first-order chi connectivity index (χ1) is 10.3. The summed E-state index contributed by atoms with van der Waals surface area (Å²) in [6.45, 7) is 1.57. The minimum atomic E-state index is 0. The Hall–Kier alpha value is -1.99. The van der Waals surface area contributed by atoms with Gasteiger partial charge < -0.3 is 10.2 Å². The molecule has 1 aromatic heterocycles. The fourth-order valence-corrected chi connectivity index (χ4v) is 2.64. The number of carbonyl (C=O) groups is 1. The van der Waals surface area contributed by atoms with Gasteiger partial charge in [-0.15, -0.1) is 17.5 Å². The molecule has 8 heteroatoms. The van der Waals surface area contributed by atoms with Crippen LogP contribution in [0.1, 0.15) is 23.2 Å². The fraction of sp³-hybridized carbons (Fsp3) is 0.429. The molecule has 0 saturated carbocycles. The molecule has 1 N–H and O–H groups in total. The molecule has 0 aliphatic carbocycles. The van der Waals surface area contributed by atoms with E-state index in [1.165, 1.54) is 6.33 Å².